The average Bonchev–Trinajstić information content (AvgIpc) is 2.95. The molecule has 1 aromatic heterocycles. The number of amides is 2. The van der Waals surface area contributed by atoms with Crippen molar-refractivity contribution >= 4 is 23.7 Å². The third-order valence-corrected chi connectivity index (χ3v) is 6.61. The number of nitrogens with one attached hydrogen (secondary N) is 3. The van der Waals surface area contributed by atoms with Crippen LogP contribution in [0.4, 0.5) is 5.95 Å². The molecule has 1 atom stereocenters. The highest BCUT2D eigenvalue weighted by atomic mass is 16.4. The summed E-state index contributed by atoms with van der Waals surface area (Å²) in [5, 5.41) is 18.1. The second-order valence-electron chi connectivity index (χ2n) is 10.1. The lowest BCUT2D eigenvalue weighted by Gasteiger charge is -2.19. The summed E-state index contributed by atoms with van der Waals surface area (Å²) in [5.41, 5.74) is 2.41. The van der Waals surface area contributed by atoms with Crippen LogP contribution in [0.25, 0.3) is 11.1 Å². The Hall–Kier alpha value is -4.27. The zero-order valence-electron chi connectivity index (χ0n) is 22.5. The Balaban J connectivity index is 1.52. The third kappa shape index (κ3) is 9.85. The van der Waals surface area contributed by atoms with Crippen molar-refractivity contribution in [2.45, 2.75) is 45.4 Å². The van der Waals surface area contributed by atoms with E-state index in [2.05, 4.69) is 62.3 Å². The summed E-state index contributed by atoms with van der Waals surface area (Å²) >= 11 is 0. The molecule has 0 spiro atoms. The topological polar surface area (TPSA) is 133 Å². The minimum Gasteiger partial charge on any atom is -0.481 e. The summed E-state index contributed by atoms with van der Waals surface area (Å²) in [4.78, 5) is 44.2. The number of carbonyl (C=O) groups excluding carboxylic acids is 2. The van der Waals surface area contributed by atoms with Gasteiger partial charge in [-0.3, -0.25) is 14.4 Å². The number of carbonyl (C=O) groups is 3. The minimum atomic E-state index is -0.968. The monoisotopic (exact) mass is 531 g/mol. The molecule has 39 heavy (non-hydrogen) atoms. The molecule has 0 saturated carbocycles. The molecular weight excluding hydrogens is 494 g/mol. The first-order chi connectivity index (χ1) is 18.7. The van der Waals surface area contributed by atoms with Gasteiger partial charge in [-0.05, 0) is 49.4 Å². The van der Waals surface area contributed by atoms with E-state index in [1.807, 2.05) is 18.2 Å². The molecule has 9 heteroatoms. The maximum Gasteiger partial charge on any atom is 0.309 e. The molecule has 4 N–H and O–H groups in total. The van der Waals surface area contributed by atoms with Crippen molar-refractivity contribution < 1.29 is 19.5 Å². The highest BCUT2D eigenvalue weighted by Crippen LogP contribution is 2.25. The molecule has 0 saturated heterocycles. The number of hydrogen-bond acceptors (Lipinski definition) is 6. The van der Waals surface area contributed by atoms with Crippen molar-refractivity contribution in [3.05, 3.63) is 78.6 Å². The van der Waals surface area contributed by atoms with Gasteiger partial charge >= 0.3 is 5.97 Å². The molecule has 0 radical (unpaired) electrons. The Labute approximate surface area is 229 Å². The molecule has 3 aromatic rings. The normalized spacial score (nSPS) is 11.8. The number of aliphatic carboxylic acids is 1. The molecule has 2 amide bonds. The Morgan fingerprint density at radius 1 is 0.821 bits per heavy atom. The Morgan fingerprint density at radius 3 is 2.13 bits per heavy atom. The number of carboxylic acid groups (broad SMARTS) is 1. The molecule has 0 aliphatic carbocycles. The van der Waals surface area contributed by atoms with E-state index in [9.17, 15) is 19.5 Å². The largest absolute Gasteiger partial charge is 0.481 e. The van der Waals surface area contributed by atoms with E-state index in [-0.39, 0.29) is 43.5 Å². The van der Waals surface area contributed by atoms with Gasteiger partial charge in [-0.1, -0.05) is 54.6 Å². The van der Waals surface area contributed by atoms with Crippen LogP contribution in [-0.2, 0) is 14.4 Å². The van der Waals surface area contributed by atoms with Crippen LogP contribution in [0, 0.1) is 5.41 Å². The van der Waals surface area contributed by atoms with Gasteiger partial charge in [0.15, 0.2) is 0 Å². The zero-order valence-corrected chi connectivity index (χ0v) is 22.5. The summed E-state index contributed by atoms with van der Waals surface area (Å²) in [5.74, 6) is -0.746. The molecule has 3 rings (SSSR count). The van der Waals surface area contributed by atoms with Gasteiger partial charge in [0.1, 0.15) is 0 Å². The minimum absolute atomic E-state index is 0.0582. The van der Waals surface area contributed by atoms with Gasteiger partial charge in [-0.2, -0.15) is 0 Å². The maximum atomic E-state index is 12.5. The number of nitrogens with zero attached hydrogens (tertiary/aromatic N) is 2. The van der Waals surface area contributed by atoms with Crippen LogP contribution in [-0.4, -0.2) is 52.5 Å². The van der Waals surface area contributed by atoms with E-state index >= 15 is 0 Å². The number of hydrogen-bond donors (Lipinski definition) is 4. The first-order valence-corrected chi connectivity index (χ1v) is 13.2. The lowest BCUT2D eigenvalue weighted by Crippen LogP contribution is -2.34. The fourth-order valence-electron chi connectivity index (χ4n) is 3.98. The summed E-state index contributed by atoms with van der Waals surface area (Å²) < 4.78 is 0. The van der Waals surface area contributed by atoms with E-state index in [0.717, 1.165) is 23.1 Å². The number of benzene rings is 2. The van der Waals surface area contributed by atoms with Crippen LogP contribution in [0.5, 0.6) is 0 Å². The van der Waals surface area contributed by atoms with E-state index in [1.165, 1.54) is 0 Å². The van der Waals surface area contributed by atoms with Gasteiger partial charge < -0.3 is 21.1 Å². The van der Waals surface area contributed by atoms with Crippen LogP contribution in [0.15, 0.2) is 73.1 Å². The molecule has 206 valence electrons. The summed E-state index contributed by atoms with van der Waals surface area (Å²) in [6.45, 7) is 4.45. The highest BCUT2D eigenvalue weighted by molar-refractivity contribution is 5.80. The number of aromatic nitrogens is 2. The molecule has 0 unspecified atom stereocenters. The Morgan fingerprint density at radius 2 is 1.46 bits per heavy atom. The van der Waals surface area contributed by atoms with Crippen molar-refractivity contribution in [2.24, 2.45) is 5.41 Å². The Bertz CT molecular complexity index is 1200. The van der Waals surface area contributed by atoms with Crippen LogP contribution in [0.2, 0.25) is 0 Å². The smallest absolute Gasteiger partial charge is 0.309 e. The van der Waals surface area contributed by atoms with Gasteiger partial charge in [-0.15, -0.1) is 0 Å². The lowest BCUT2D eigenvalue weighted by molar-refractivity contribution is -0.147. The van der Waals surface area contributed by atoms with E-state index in [4.69, 9.17) is 0 Å². The second kappa shape index (κ2) is 14.6. The van der Waals surface area contributed by atoms with E-state index in [1.54, 1.807) is 32.3 Å². The number of rotatable bonds is 15. The van der Waals surface area contributed by atoms with Gasteiger partial charge in [0.25, 0.3) is 0 Å². The van der Waals surface area contributed by atoms with Crippen LogP contribution >= 0.6 is 0 Å². The van der Waals surface area contributed by atoms with Crippen LogP contribution in [0.3, 0.4) is 0 Å². The first-order valence-electron chi connectivity index (χ1n) is 13.2. The SMILES string of the molecule is CC(C)(CCC(=O)NCCC(=O)NC[C@H](CCNc1ncccn1)c1ccc(-c2ccccc2)cc1)C(=O)O. The lowest BCUT2D eigenvalue weighted by atomic mass is 9.88. The molecule has 0 aliphatic heterocycles. The van der Waals surface area contributed by atoms with Crippen molar-refractivity contribution in [3.8, 4) is 11.1 Å². The third-order valence-electron chi connectivity index (χ3n) is 6.61. The predicted molar refractivity (Wildman–Crippen MR) is 151 cm³/mol. The molecule has 9 nitrogen and oxygen atoms in total. The molecule has 0 bridgehead atoms. The number of carboxylic acids is 1. The van der Waals surface area contributed by atoms with Crippen molar-refractivity contribution in [1.82, 2.24) is 20.6 Å². The molecule has 2 aromatic carbocycles. The fraction of sp³-hybridized carbons (Fsp3) is 0.367. The highest BCUT2D eigenvalue weighted by Gasteiger charge is 2.27. The summed E-state index contributed by atoms with van der Waals surface area (Å²) in [7, 11) is 0. The standard InChI is InChI=1S/C30H37N5O4/c1-30(2,28(38)39)16-13-26(36)31-20-15-27(37)35-21-25(14-19-34-29-32-17-6-18-33-29)24-11-9-23(10-12-24)22-7-4-3-5-8-22/h3-12,17-18,25H,13-16,19-21H2,1-2H3,(H,31,36)(H,35,37)(H,38,39)(H,32,33,34)/t25-/m0/s1. The quantitative estimate of drug-likeness (QED) is 0.230. The van der Waals surface area contributed by atoms with Gasteiger partial charge in [0, 0.05) is 50.8 Å². The second-order valence-corrected chi connectivity index (χ2v) is 10.1. The summed E-state index contributed by atoms with van der Waals surface area (Å²) in [6, 6.07) is 20.3. The molecule has 0 fully saturated rings. The van der Waals surface area contributed by atoms with Crippen LogP contribution < -0.4 is 16.0 Å². The van der Waals surface area contributed by atoms with Gasteiger partial charge in [-0.25, -0.2) is 9.97 Å². The molecule has 0 aliphatic rings. The fourth-order valence-corrected chi connectivity index (χ4v) is 3.98. The van der Waals surface area contributed by atoms with E-state index in [0.29, 0.717) is 19.0 Å². The Kier molecular flexibility index (Phi) is 11.0. The van der Waals surface area contributed by atoms with Gasteiger partial charge in [0.2, 0.25) is 17.8 Å². The zero-order chi connectivity index (χ0) is 28.1. The van der Waals surface area contributed by atoms with Crippen LogP contribution in [0.1, 0.15) is 51.0 Å². The van der Waals surface area contributed by atoms with Crippen molar-refractivity contribution in [2.75, 3.05) is 25.0 Å². The first kappa shape index (κ1) is 29.3. The maximum absolute atomic E-state index is 12.5. The van der Waals surface area contributed by atoms with E-state index < -0.39 is 11.4 Å². The predicted octanol–water partition coefficient (Wildman–Crippen LogP) is 4.24. The van der Waals surface area contributed by atoms with Crippen molar-refractivity contribution in [3.63, 3.8) is 0 Å². The molecule has 1 heterocycles. The number of anilines is 1. The molecular formula is C30H37N5O4. The summed E-state index contributed by atoms with van der Waals surface area (Å²) in [6.07, 6.45) is 4.58. The average molecular weight is 532 g/mol. The van der Waals surface area contributed by atoms with Gasteiger partial charge in [0.05, 0.1) is 5.41 Å². The van der Waals surface area contributed by atoms with Crippen molar-refractivity contribution in [1.29, 1.82) is 0 Å².